The standard InChI is InChI=1S/C36H44N4O2/c41-26-12-13-31-28(21-26)27-14-17-37-32(33(27)38-31)29-23-36(42)16-8-4-1-2-5-9-18-39-20-15-30(29)35(24-39)22-25-11-7-3-6-10-19-40(25)34(35)36/h1,4,7,11-14,17,21,23,25,30,34,38,41-42H,2-3,5-6,8-10,15-16,18-20,22,24H2/b4-1+,11-7?/t25-,30-,34+,35-,36-/m0/s1. The minimum atomic E-state index is -0.941. The molecule has 0 amide bonds. The van der Waals surface area contributed by atoms with Crippen molar-refractivity contribution in [1.82, 2.24) is 19.8 Å². The summed E-state index contributed by atoms with van der Waals surface area (Å²) in [4.78, 5) is 14.2. The van der Waals surface area contributed by atoms with Gasteiger partial charge >= 0.3 is 0 Å². The molecule has 0 radical (unpaired) electrons. The molecule has 3 N–H and O–H groups in total. The van der Waals surface area contributed by atoms with Gasteiger partial charge in [-0.3, -0.25) is 9.88 Å². The van der Waals surface area contributed by atoms with E-state index in [0.29, 0.717) is 12.0 Å². The Hall–Kier alpha value is -2.93. The van der Waals surface area contributed by atoms with E-state index in [1.807, 2.05) is 18.3 Å². The number of H-pyrrole nitrogens is 1. The largest absolute Gasteiger partial charge is 0.508 e. The molecule has 6 heterocycles. The lowest BCUT2D eigenvalue weighted by Crippen LogP contribution is -2.65. The van der Waals surface area contributed by atoms with E-state index in [4.69, 9.17) is 4.98 Å². The number of aromatic hydroxyl groups is 1. The number of piperidine rings is 1. The third-order valence-electron chi connectivity index (χ3n) is 11.2. The lowest BCUT2D eigenvalue weighted by molar-refractivity contribution is -0.0894. The number of rotatable bonds is 1. The first-order chi connectivity index (χ1) is 20.6. The molecule has 6 nitrogen and oxygen atoms in total. The van der Waals surface area contributed by atoms with Crippen LogP contribution in [0.3, 0.4) is 0 Å². The third-order valence-corrected chi connectivity index (χ3v) is 11.2. The molecule has 2 aromatic heterocycles. The Morgan fingerprint density at radius 2 is 1.79 bits per heavy atom. The van der Waals surface area contributed by atoms with Gasteiger partial charge in [-0.2, -0.15) is 0 Å². The lowest BCUT2D eigenvalue weighted by Gasteiger charge is -2.58. The van der Waals surface area contributed by atoms with Crippen LogP contribution < -0.4 is 0 Å². The van der Waals surface area contributed by atoms with Gasteiger partial charge in [-0.25, -0.2) is 0 Å². The maximum Gasteiger partial charge on any atom is 0.116 e. The summed E-state index contributed by atoms with van der Waals surface area (Å²) in [6.07, 6.45) is 24.7. The average Bonchev–Trinajstić information content (AvgIpc) is 3.48. The first kappa shape index (κ1) is 26.7. The normalized spacial score (nSPS) is 36.3. The molecule has 1 spiro atoms. The highest BCUT2D eigenvalue weighted by molar-refractivity contribution is 6.10. The Labute approximate surface area is 248 Å². The molecule has 8 rings (SSSR count). The number of aromatic amines is 1. The molecule has 2 saturated heterocycles. The number of allylic oxidation sites excluding steroid dienone is 4. The van der Waals surface area contributed by atoms with E-state index in [2.05, 4.69) is 51.2 Å². The topological polar surface area (TPSA) is 75.6 Å². The minimum Gasteiger partial charge on any atom is -0.508 e. The monoisotopic (exact) mass is 564 g/mol. The smallest absolute Gasteiger partial charge is 0.116 e. The van der Waals surface area contributed by atoms with Crippen molar-refractivity contribution >= 4 is 27.4 Å². The molecule has 3 bridgehead atoms. The molecule has 6 atom stereocenters. The number of phenolic OH excluding ortho intramolecular Hbond substituents is 1. The summed E-state index contributed by atoms with van der Waals surface area (Å²) >= 11 is 0. The van der Waals surface area contributed by atoms with Gasteiger partial charge in [-0.1, -0.05) is 24.3 Å². The number of phenols is 1. The summed E-state index contributed by atoms with van der Waals surface area (Å²) < 4.78 is 0. The van der Waals surface area contributed by atoms with E-state index in [0.717, 1.165) is 92.2 Å². The van der Waals surface area contributed by atoms with Crippen molar-refractivity contribution in [1.29, 1.82) is 0 Å². The van der Waals surface area contributed by atoms with Crippen LogP contribution in [0.25, 0.3) is 27.4 Å². The molecule has 5 aliphatic rings. The number of hydrogen-bond donors (Lipinski definition) is 3. The molecule has 1 aromatic carbocycles. The second-order valence-electron chi connectivity index (χ2n) is 13.7. The van der Waals surface area contributed by atoms with Crippen molar-refractivity contribution in [3.63, 3.8) is 0 Å². The SMILES string of the molecule is Oc1ccc2[nH]c3c(C4=C[C@@]5(O)CC/C=C/CCCCN6CC[C@@H]4[C@]4(C[C@@H]7C=CCCCCN7[C@H]45)C6)nccc3c2c1. The lowest BCUT2D eigenvalue weighted by atomic mass is 9.54. The van der Waals surface area contributed by atoms with E-state index in [9.17, 15) is 10.2 Å². The Balaban J connectivity index is 1.35. The van der Waals surface area contributed by atoms with Gasteiger partial charge in [0.05, 0.1) is 22.9 Å². The van der Waals surface area contributed by atoms with E-state index in [-0.39, 0.29) is 17.2 Å². The van der Waals surface area contributed by atoms with Crippen molar-refractivity contribution in [3.05, 3.63) is 66.5 Å². The first-order valence-electron chi connectivity index (χ1n) is 16.4. The maximum absolute atomic E-state index is 13.1. The van der Waals surface area contributed by atoms with Crippen LogP contribution in [0.2, 0.25) is 0 Å². The number of nitrogens with one attached hydrogen (secondary N) is 1. The van der Waals surface area contributed by atoms with Crippen LogP contribution in [0.15, 0.2) is 60.8 Å². The first-order valence-corrected chi connectivity index (χ1v) is 16.4. The highest BCUT2D eigenvalue weighted by atomic mass is 16.3. The summed E-state index contributed by atoms with van der Waals surface area (Å²) in [6, 6.07) is 8.08. The fourth-order valence-electron chi connectivity index (χ4n) is 9.62. The van der Waals surface area contributed by atoms with Crippen LogP contribution in [-0.4, -0.2) is 73.8 Å². The van der Waals surface area contributed by atoms with E-state index >= 15 is 0 Å². The van der Waals surface area contributed by atoms with Crippen molar-refractivity contribution in [2.75, 3.05) is 26.2 Å². The predicted octanol–water partition coefficient (Wildman–Crippen LogP) is 6.56. The summed E-state index contributed by atoms with van der Waals surface area (Å²) in [7, 11) is 0. The second-order valence-corrected chi connectivity index (χ2v) is 13.7. The van der Waals surface area contributed by atoms with Gasteiger partial charge in [0.2, 0.25) is 0 Å². The molecule has 4 aliphatic heterocycles. The van der Waals surface area contributed by atoms with Crippen LogP contribution in [0, 0.1) is 11.3 Å². The van der Waals surface area contributed by atoms with Crippen LogP contribution in [-0.2, 0) is 0 Å². The van der Waals surface area contributed by atoms with Gasteiger partial charge in [0.25, 0.3) is 0 Å². The minimum absolute atomic E-state index is 0.0394. The van der Waals surface area contributed by atoms with Crippen molar-refractivity contribution in [2.24, 2.45) is 11.3 Å². The number of aliphatic hydroxyl groups is 1. The van der Waals surface area contributed by atoms with Crippen LogP contribution in [0.5, 0.6) is 5.75 Å². The zero-order valence-corrected chi connectivity index (χ0v) is 24.6. The van der Waals surface area contributed by atoms with Gasteiger partial charge in [0.15, 0.2) is 0 Å². The number of aromatic nitrogens is 2. The number of fused-ring (bicyclic) bond motifs is 5. The molecule has 2 fully saturated rings. The van der Waals surface area contributed by atoms with Crippen LogP contribution in [0.4, 0.5) is 0 Å². The zero-order valence-electron chi connectivity index (χ0n) is 24.6. The molecule has 220 valence electrons. The second kappa shape index (κ2) is 10.4. The highest BCUT2D eigenvalue weighted by Crippen LogP contribution is 2.61. The van der Waals surface area contributed by atoms with Gasteiger partial charge in [0.1, 0.15) is 5.75 Å². The summed E-state index contributed by atoms with van der Waals surface area (Å²) in [6.45, 7) is 4.36. The fourth-order valence-corrected chi connectivity index (χ4v) is 9.62. The number of benzene rings is 1. The third kappa shape index (κ3) is 4.21. The number of pyridine rings is 1. The number of nitrogens with zero attached hydrogens (tertiary/aromatic N) is 3. The Kier molecular flexibility index (Phi) is 6.58. The highest BCUT2D eigenvalue weighted by Gasteiger charge is 2.65. The zero-order chi connectivity index (χ0) is 28.3. The predicted molar refractivity (Wildman–Crippen MR) is 169 cm³/mol. The molecule has 42 heavy (non-hydrogen) atoms. The molecule has 1 aliphatic carbocycles. The van der Waals surface area contributed by atoms with Crippen molar-refractivity contribution in [3.8, 4) is 5.75 Å². The molecular formula is C36H44N4O2. The summed E-state index contributed by atoms with van der Waals surface area (Å²) in [5, 5.41) is 25.4. The summed E-state index contributed by atoms with van der Waals surface area (Å²) in [5.41, 5.74) is 3.25. The van der Waals surface area contributed by atoms with Gasteiger partial charge in [0, 0.05) is 40.5 Å². The van der Waals surface area contributed by atoms with Crippen molar-refractivity contribution < 1.29 is 10.2 Å². The molecule has 0 saturated carbocycles. The van der Waals surface area contributed by atoms with Crippen LogP contribution in [0.1, 0.15) is 69.9 Å². The van der Waals surface area contributed by atoms with Gasteiger partial charge in [-0.15, -0.1) is 0 Å². The molecular weight excluding hydrogens is 520 g/mol. The van der Waals surface area contributed by atoms with Gasteiger partial charge in [-0.05, 0) is 126 Å². The van der Waals surface area contributed by atoms with E-state index < -0.39 is 5.60 Å². The van der Waals surface area contributed by atoms with Crippen LogP contribution >= 0.6 is 0 Å². The Morgan fingerprint density at radius 1 is 0.929 bits per heavy atom. The quantitative estimate of drug-likeness (QED) is 0.292. The Bertz CT molecular complexity index is 1590. The molecule has 3 aromatic rings. The van der Waals surface area contributed by atoms with Crippen molar-refractivity contribution in [2.45, 2.75) is 81.9 Å². The molecule has 6 heteroatoms. The average molecular weight is 565 g/mol. The molecule has 1 unspecified atom stereocenters. The van der Waals surface area contributed by atoms with E-state index in [1.54, 1.807) is 6.07 Å². The fraction of sp³-hybridized carbons (Fsp3) is 0.528. The maximum atomic E-state index is 13.1. The van der Waals surface area contributed by atoms with E-state index in [1.165, 1.54) is 31.3 Å². The summed E-state index contributed by atoms with van der Waals surface area (Å²) in [5.74, 6) is 0.606. The van der Waals surface area contributed by atoms with Gasteiger partial charge < -0.3 is 20.1 Å². The Morgan fingerprint density at radius 3 is 2.71 bits per heavy atom. The number of hydrogen-bond acceptors (Lipinski definition) is 5.